The number of benzene rings is 6. The molecule has 0 atom stereocenters. The molecule has 6 rings (SSSR count). The number of nitrogens with one attached hydrogen (secondary N) is 2. The first-order chi connectivity index (χ1) is 24.1. The van der Waals surface area contributed by atoms with Gasteiger partial charge in [0.05, 0.1) is 18.9 Å². The summed E-state index contributed by atoms with van der Waals surface area (Å²) in [4.78, 5) is 28.8. The van der Waals surface area contributed by atoms with E-state index in [2.05, 4.69) is 10.6 Å². The van der Waals surface area contributed by atoms with E-state index in [1.54, 1.807) is 13.2 Å². The number of rotatable bonds is 13. The third-order valence-corrected chi connectivity index (χ3v) is 8.39. The van der Waals surface area contributed by atoms with Crippen LogP contribution in [0.3, 0.4) is 0 Å². The van der Waals surface area contributed by atoms with E-state index in [9.17, 15) is 9.59 Å². The molecular formula is C43H38N2O4. The van der Waals surface area contributed by atoms with Gasteiger partial charge in [0, 0.05) is 0 Å². The van der Waals surface area contributed by atoms with Gasteiger partial charge in [-0.3, -0.25) is 9.59 Å². The van der Waals surface area contributed by atoms with Gasteiger partial charge in [-0.2, -0.15) is 0 Å². The van der Waals surface area contributed by atoms with Gasteiger partial charge in [-0.15, -0.1) is 0 Å². The fourth-order valence-electron chi connectivity index (χ4n) is 5.95. The van der Waals surface area contributed by atoms with E-state index in [0.717, 1.165) is 27.8 Å². The molecule has 0 spiro atoms. The van der Waals surface area contributed by atoms with Crippen LogP contribution in [-0.4, -0.2) is 18.9 Å². The van der Waals surface area contributed by atoms with E-state index in [-0.39, 0.29) is 11.8 Å². The van der Waals surface area contributed by atoms with Crippen LogP contribution < -0.4 is 20.1 Å². The second kappa shape index (κ2) is 16.1. The predicted octanol–water partition coefficient (Wildman–Crippen LogP) is 8.17. The molecule has 0 radical (unpaired) electrons. The SMILES string of the molecule is COc1ccc(C(NC(=O)C(c2ccccc2)c2ccccc2)NC(=O)C(c2ccccc2)c2ccccc2)cc1OCc1ccccc1. The second-order valence-corrected chi connectivity index (χ2v) is 11.6. The summed E-state index contributed by atoms with van der Waals surface area (Å²) in [6.07, 6.45) is -0.908. The standard InChI is InChI=1S/C43H38N2O4/c1-48-37-28-27-36(29-38(37)49-30-31-17-7-2-8-18-31)41(44-42(46)39(32-19-9-3-10-20-32)33-21-11-4-12-22-33)45-43(47)40(34-23-13-5-14-24-34)35-25-15-6-16-26-35/h2-29,39-41H,30H2,1H3,(H,44,46)(H,45,47). The highest BCUT2D eigenvalue weighted by atomic mass is 16.5. The molecule has 0 unspecified atom stereocenters. The minimum Gasteiger partial charge on any atom is -0.493 e. The average molecular weight is 647 g/mol. The summed E-state index contributed by atoms with van der Waals surface area (Å²) in [7, 11) is 1.58. The average Bonchev–Trinajstić information content (AvgIpc) is 3.16. The van der Waals surface area contributed by atoms with Crippen molar-refractivity contribution in [2.75, 3.05) is 7.11 Å². The highest BCUT2D eigenvalue weighted by Crippen LogP contribution is 2.33. The minimum atomic E-state index is -0.908. The molecule has 244 valence electrons. The van der Waals surface area contributed by atoms with Crippen molar-refractivity contribution in [1.82, 2.24) is 10.6 Å². The van der Waals surface area contributed by atoms with Crippen molar-refractivity contribution in [2.24, 2.45) is 0 Å². The van der Waals surface area contributed by atoms with Gasteiger partial charge in [-0.25, -0.2) is 0 Å². The lowest BCUT2D eigenvalue weighted by atomic mass is 9.89. The van der Waals surface area contributed by atoms with Crippen LogP contribution in [0.2, 0.25) is 0 Å². The van der Waals surface area contributed by atoms with Crippen LogP contribution in [0.25, 0.3) is 0 Å². The molecule has 2 N–H and O–H groups in total. The van der Waals surface area contributed by atoms with Crippen molar-refractivity contribution in [3.63, 3.8) is 0 Å². The third-order valence-electron chi connectivity index (χ3n) is 8.39. The van der Waals surface area contributed by atoms with Crippen molar-refractivity contribution in [1.29, 1.82) is 0 Å². The first kappa shape index (κ1) is 32.8. The number of hydrogen-bond donors (Lipinski definition) is 2. The van der Waals surface area contributed by atoms with Crippen molar-refractivity contribution < 1.29 is 19.1 Å². The van der Waals surface area contributed by atoms with Gasteiger partial charge in [-0.1, -0.05) is 158 Å². The maximum Gasteiger partial charge on any atom is 0.233 e. The van der Waals surface area contributed by atoms with Crippen LogP contribution in [-0.2, 0) is 16.2 Å². The Labute approximate surface area is 287 Å². The van der Waals surface area contributed by atoms with Crippen LogP contribution in [0.15, 0.2) is 170 Å². The molecular weight excluding hydrogens is 608 g/mol. The molecule has 6 aromatic carbocycles. The van der Waals surface area contributed by atoms with E-state index in [1.807, 2.05) is 164 Å². The van der Waals surface area contributed by atoms with E-state index in [0.29, 0.717) is 23.7 Å². The van der Waals surface area contributed by atoms with Crippen LogP contribution in [0.4, 0.5) is 0 Å². The smallest absolute Gasteiger partial charge is 0.233 e. The summed E-state index contributed by atoms with van der Waals surface area (Å²) >= 11 is 0. The Balaban J connectivity index is 1.38. The van der Waals surface area contributed by atoms with E-state index < -0.39 is 18.0 Å². The Bertz CT molecular complexity index is 1760. The maximum absolute atomic E-state index is 14.4. The van der Waals surface area contributed by atoms with Gasteiger partial charge in [0.1, 0.15) is 12.8 Å². The van der Waals surface area contributed by atoms with Crippen molar-refractivity contribution in [2.45, 2.75) is 24.6 Å². The monoisotopic (exact) mass is 646 g/mol. The van der Waals surface area contributed by atoms with Crippen molar-refractivity contribution in [3.8, 4) is 11.5 Å². The zero-order valence-corrected chi connectivity index (χ0v) is 27.2. The topological polar surface area (TPSA) is 76.7 Å². The fraction of sp³-hybridized carbons (Fsp3) is 0.116. The van der Waals surface area contributed by atoms with Crippen molar-refractivity contribution in [3.05, 3.63) is 203 Å². The summed E-state index contributed by atoms with van der Waals surface area (Å²) in [5, 5.41) is 6.38. The highest BCUT2D eigenvalue weighted by molar-refractivity contribution is 5.90. The van der Waals surface area contributed by atoms with Crippen LogP contribution in [0, 0.1) is 0 Å². The Morgan fingerprint density at radius 2 is 0.878 bits per heavy atom. The number of amides is 2. The quantitative estimate of drug-likeness (QED) is 0.124. The molecule has 49 heavy (non-hydrogen) atoms. The first-order valence-corrected chi connectivity index (χ1v) is 16.3. The van der Waals surface area contributed by atoms with Gasteiger partial charge >= 0.3 is 0 Å². The third kappa shape index (κ3) is 8.24. The maximum atomic E-state index is 14.4. The summed E-state index contributed by atoms with van der Waals surface area (Å²) in [6, 6.07) is 53.8. The second-order valence-electron chi connectivity index (χ2n) is 11.6. The van der Waals surface area contributed by atoms with E-state index >= 15 is 0 Å². The molecule has 0 aliphatic carbocycles. The largest absolute Gasteiger partial charge is 0.493 e. The van der Waals surface area contributed by atoms with Crippen LogP contribution >= 0.6 is 0 Å². The lowest BCUT2D eigenvalue weighted by Gasteiger charge is -2.27. The van der Waals surface area contributed by atoms with Gasteiger partial charge in [0.2, 0.25) is 11.8 Å². The molecule has 0 saturated heterocycles. The zero-order valence-electron chi connectivity index (χ0n) is 27.2. The van der Waals surface area contributed by atoms with Crippen molar-refractivity contribution >= 4 is 11.8 Å². The molecule has 6 aromatic rings. The zero-order chi connectivity index (χ0) is 33.8. The lowest BCUT2D eigenvalue weighted by Crippen LogP contribution is -2.44. The molecule has 0 aliphatic heterocycles. The first-order valence-electron chi connectivity index (χ1n) is 16.3. The normalized spacial score (nSPS) is 10.9. The summed E-state index contributed by atoms with van der Waals surface area (Å²) < 4.78 is 11.9. The Kier molecular flexibility index (Phi) is 10.8. The minimum absolute atomic E-state index is 0.263. The molecule has 0 bridgehead atoms. The number of carbonyl (C=O) groups is 2. The molecule has 0 heterocycles. The van der Waals surface area contributed by atoms with Gasteiger partial charge in [0.15, 0.2) is 11.5 Å². The number of methoxy groups -OCH3 is 1. The van der Waals surface area contributed by atoms with Gasteiger partial charge in [-0.05, 0) is 45.5 Å². The van der Waals surface area contributed by atoms with E-state index in [4.69, 9.17) is 9.47 Å². The van der Waals surface area contributed by atoms with Gasteiger partial charge < -0.3 is 20.1 Å². The van der Waals surface area contributed by atoms with Crippen LogP contribution in [0.5, 0.6) is 11.5 Å². The molecule has 0 saturated carbocycles. The number of carbonyl (C=O) groups excluding carboxylic acids is 2. The fourth-order valence-corrected chi connectivity index (χ4v) is 5.95. The number of hydrogen-bond acceptors (Lipinski definition) is 4. The molecule has 0 aliphatic rings. The molecule has 0 fully saturated rings. The Hall–Kier alpha value is -6.14. The van der Waals surface area contributed by atoms with Gasteiger partial charge in [0.25, 0.3) is 0 Å². The molecule has 0 aromatic heterocycles. The summed E-state index contributed by atoms with van der Waals surface area (Å²) in [5.74, 6) is -0.736. The Morgan fingerprint density at radius 3 is 1.27 bits per heavy atom. The molecule has 6 nitrogen and oxygen atoms in total. The number of ether oxygens (including phenoxy) is 2. The molecule has 2 amide bonds. The van der Waals surface area contributed by atoms with E-state index in [1.165, 1.54) is 0 Å². The summed E-state index contributed by atoms with van der Waals surface area (Å²) in [6.45, 7) is 0.318. The predicted molar refractivity (Wildman–Crippen MR) is 192 cm³/mol. The summed E-state index contributed by atoms with van der Waals surface area (Å²) in [5.41, 5.74) is 4.97. The van der Waals surface area contributed by atoms with Crippen LogP contribution in [0.1, 0.15) is 51.4 Å². The highest BCUT2D eigenvalue weighted by Gasteiger charge is 2.30. The molecule has 6 heteroatoms. The lowest BCUT2D eigenvalue weighted by molar-refractivity contribution is -0.125. The Morgan fingerprint density at radius 1 is 0.490 bits per heavy atom.